The number of amides is 1. The Kier molecular flexibility index (Phi) is 4.04. The number of hydrogen-bond acceptors (Lipinski definition) is 4. The number of nitrogens with one attached hydrogen (secondary N) is 1. The Morgan fingerprint density at radius 2 is 1.85 bits per heavy atom. The van der Waals surface area contributed by atoms with Gasteiger partial charge in [0.2, 0.25) is 0 Å². The zero-order valence-electron chi connectivity index (χ0n) is 15.0. The monoisotopic (exact) mass is 364 g/mol. The minimum absolute atomic E-state index is 0.0662. The Morgan fingerprint density at radius 3 is 2.58 bits per heavy atom. The number of aromatic nitrogens is 1. The zero-order valence-corrected chi connectivity index (χ0v) is 15.8. The van der Waals surface area contributed by atoms with Crippen LogP contribution in [-0.4, -0.2) is 10.9 Å². The zero-order chi connectivity index (χ0) is 18.3. The van der Waals surface area contributed by atoms with E-state index in [1.807, 2.05) is 48.5 Å². The van der Waals surface area contributed by atoms with Gasteiger partial charge in [-0.2, -0.15) is 0 Å². The number of para-hydroxylation sites is 1. The molecule has 26 heavy (non-hydrogen) atoms. The molecule has 132 valence electrons. The third-order valence-electron chi connectivity index (χ3n) is 4.43. The van der Waals surface area contributed by atoms with Gasteiger partial charge in [-0.3, -0.25) is 10.1 Å². The predicted octanol–water partition coefficient (Wildman–Crippen LogP) is 5.25. The molecule has 0 fully saturated rings. The molecule has 1 aromatic heterocycles. The highest BCUT2D eigenvalue weighted by atomic mass is 32.1. The van der Waals surface area contributed by atoms with E-state index in [4.69, 9.17) is 4.74 Å². The van der Waals surface area contributed by atoms with Crippen molar-refractivity contribution in [1.82, 2.24) is 4.98 Å². The first-order valence-electron chi connectivity index (χ1n) is 8.55. The van der Waals surface area contributed by atoms with Gasteiger partial charge in [-0.05, 0) is 35.2 Å². The molecule has 0 aliphatic carbocycles. The van der Waals surface area contributed by atoms with E-state index < -0.39 is 0 Å². The number of thiazole rings is 1. The van der Waals surface area contributed by atoms with E-state index in [0.29, 0.717) is 17.3 Å². The third kappa shape index (κ3) is 3.10. The SMILES string of the molecule is CC(C)(C)c1ccc(C(=O)Nc2nc3c(s2)COc2ccccc2-3)cc1. The van der Waals surface area contributed by atoms with Crippen molar-refractivity contribution in [3.8, 4) is 17.0 Å². The van der Waals surface area contributed by atoms with Crippen LogP contribution in [0, 0.1) is 0 Å². The summed E-state index contributed by atoms with van der Waals surface area (Å²) in [5.41, 5.74) is 3.77. The third-order valence-corrected chi connectivity index (χ3v) is 5.38. The fraction of sp³-hybridized carbons (Fsp3) is 0.238. The first kappa shape index (κ1) is 16.8. The van der Waals surface area contributed by atoms with Gasteiger partial charge in [0.05, 0.1) is 10.6 Å². The van der Waals surface area contributed by atoms with Crippen LogP contribution in [-0.2, 0) is 12.0 Å². The van der Waals surface area contributed by atoms with Gasteiger partial charge in [0, 0.05) is 11.1 Å². The van der Waals surface area contributed by atoms with Crippen LogP contribution in [0.2, 0.25) is 0 Å². The van der Waals surface area contributed by atoms with Crippen molar-refractivity contribution in [3.05, 3.63) is 64.5 Å². The number of hydrogen-bond donors (Lipinski definition) is 1. The molecule has 0 radical (unpaired) electrons. The summed E-state index contributed by atoms with van der Waals surface area (Å²) < 4.78 is 5.76. The molecule has 1 aliphatic heterocycles. The Bertz CT molecular complexity index is 968. The molecule has 1 amide bonds. The minimum Gasteiger partial charge on any atom is -0.487 e. The average molecular weight is 364 g/mol. The summed E-state index contributed by atoms with van der Waals surface area (Å²) in [7, 11) is 0. The van der Waals surface area contributed by atoms with Crippen LogP contribution in [0.3, 0.4) is 0 Å². The van der Waals surface area contributed by atoms with Crippen LogP contribution < -0.4 is 10.1 Å². The van der Waals surface area contributed by atoms with E-state index in [1.54, 1.807) is 0 Å². The summed E-state index contributed by atoms with van der Waals surface area (Å²) in [4.78, 5) is 18.2. The fourth-order valence-electron chi connectivity index (χ4n) is 2.94. The number of ether oxygens (including phenoxy) is 1. The summed E-state index contributed by atoms with van der Waals surface area (Å²) >= 11 is 1.46. The molecule has 1 aliphatic rings. The van der Waals surface area contributed by atoms with Gasteiger partial charge < -0.3 is 4.74 Å². The standard InChI is InChI=1S/C21H20N2O2S/c1-21(2,3)14-10-8-13(9-11-14)19(24)23-20-22-18-15-6-4-5-7-16(15)25-12-17(18)26-20/h4-11H,12H2,1-3H3,(H,22,23,24). The van der Waals surface area contributed by atoms with Crippen LogP contribution in [0.1, 0.15) is 41.6 Å². The van der Waals surface area contributed by atoms with Crippen molar-refractivity contribution in [2.75, 3.05) is 5.32 Å². The maximum Gasteiger partial charge on any atom is 0.257 e. The van der Waals surface area contributed by atoms with Crippen molar-refractivity contribution in [3.63, 3.8) is 0 Å². The molecule has 0 unspecified atom stereocenters. The number of anilines is 1. The predicted molar refractivity (Wildman–Crippen MR) is 105 cm³/mol. The highest BCUT2D eigenvalue weighted by molar-refractivity contribution is 7.16. The summed E-state index contributed by atoms with van der Waals surface area (Å²) in [6.45, 7) is 6.95. The van der Waals surface area contributed by atoms with Crippen LogP contribution in [0.5, 0.6) is 5.75 Å². The van der Waals surface area contributed by atoms with E-state index in [1.165, 1.54) is 16.9 Å². The molecular formula is C21H20N2O2S. The van der Waals surface area contributed by atoms with E-state index >= 15 is 0 Å². The first-order chi connectivity index (χ1) is 12.4. The van der Waals surface area contributed by atoms with Crippen LogP contribution in [0.15, 0.2) is 48.5 Å². The van der Waals surface area contributed by atoms with E-state index in [9.17, 15) is 4.79 Å². The fourth-order valence-corrected chi connectivity index (χ4v) is 3.82. The van der Waals surface area contributed by atoms with Gasteiger partial charge in [-0.25, -0.2) is 4.98 Å². The summed E-state index contributed by atoms with van der Waals surface area (Å²) in [5.74, 6) is 0.687. The molecule has 0 atom stereocenters. The van der Waals surface area contributed by atoms with Gasteiger partial charge in [-0.1, -0.05) is 56.4 Å². The lowest BCUT2D eigenvalue weighted by Crippen LogP contribution is -2.14. The molecule has 4 rings (SSSR count). The minimum atomic E-state index is -0.147. The van der Waals surface area contributed by atoms with Gasteiger partial charge in [-0.15, -0.1) is 0 Å². The molecule has 0 saturated heterocycles. The number of rotatable bonds is 2. The highest BCUT2D eigenvalue weighted by Crippen LogP contribution is 2.40. The molecule has 5 heteroatoms. The van der Waals surface area contributed by atoms with Gasteiger partial charge in [0.25, 0.3) is 5.91 Å². The normalized spacial score (nSPS) is 12.7. The maximum atomic E-state index is 12.6. The number of fused-ring (bicyclic) bond motifs is 3. The quantitative estimate of drug-likeness (QED) is 0.675. The Balaban J connectivity index is 1.56. The summed E-state index contributed by atoms with van der Waals surface area (Å²) in [6, 6.07) is 15.6. The van der Waals surface area contributed by atoms with Crippen LogP contribution in [0.25, 0.3) is 11.3 Å². The van der Waals surface area contributed by atoms with Crippen molar-refractivity contribution in [2.45, 2.75) is 32.8 Å². The second kappa shape index (κ2) is 6.25. The van der Waals surface area contributed by atoms with Crippen molar-refractivity contribution >= 4 is 22.4 Å². The summed E-state index contributed by atoms with van der Waals surface area (Å²) in [6.07, 6.45) is 0. The van der Waals surface area contributed by atoms with Gasteiger partial charge in [0.1, 0.15) is 12.4 Å². The highest BCUT2D eigenvalue weighted by Gasteiger charge is 2.22. The average Bonchev–Trinajstić information content (AvgIpc) is 3.04. The van der Waals surface area contributed by atoms with E-state index in [-0.39, 0.29) is 11.3 Å². The second-order valence-electron chi connectivity index (χ2n) is 7.36. The van der Waals surface area contributed by atoms with Crippen molar-refractivity contribution in [2.24, 2.45) is 0 Å². The number of carbonyl (C=O) groups is 1. The molecule has 0 spiro atoms. The van der Waals surface area contributed by atoms with Crippen LogP contribution in [0.4, 0.5) is 5.13 Å². The molecule has 2 heterocycles. The molecule has 3 aromatic rings. The lowest BCUT2D eigenvalue weighted by Gasteiger charge is -2.18. The summed E-state index contributed by atoms with van der Waals surface area (Å²) in [5, 5.41) is 3.51. The smallest absolute Gasteiger partial charge is 0.257 e. The molecule has 1 N–H and O–H groups in total. The van der Waals surface area contributed by atoms with Gasteiger partial charge >= 0.3 is 0 Å². The maximum absolute atomic E-state index is 12.6. The van der Waals surface area contributed by atoms with Crippen molar-refractivity contribution < 1.29 is 9.53 Å². The number of benzene rings is 2. The lowest BCUT2D eigenvalue weighted by atomic mass is 9.87. The molecule has 4 nitrogen and oxygen atoms in total. The second-order valence-corrected chi connectivity index (χ2v) is 8.44. The first-order valence-corrected chi connectivity index (χ1v) is 9.37. The van der Waals surface area contributed by atoms with Crippen LogP contribution >= 0.6 is 11.3 Å². The number of carbonyl (C=O) groups excluding carboxylic acids is 1. The van der Waals surface area contributed by atoms with E-state index in [0.717, 1.165) is 21.9 Å². The Hall–Kier alpha value is -2.66. The van der Waals surface area contributed by atoms with Crippen molar-refractivity contribution in [1.29, 1.82) is 0 Å². The molecule has 2 aromatic carbocycles. The molecular weight excluding hydrogens is 344 g/mol. The topological polar surface area (TPSA) is 51.2 Å². The Morgan fingerprint density at radius 1 is 1.12 bits per heavy atom. The molecule has 0 bridgehead atoms. The molecule has 0 saturated carbocycles. The van der Waals surface area contributed by atoms with Gasteiger partial charge in [0.15, 0.2) is 5.13 Å². The Labute approximate surface area is 156 Å². The lowest BCUT2D eigenvalue weighted by molar-refractivity contribution is 0.102. The largest absolute Gasteiger partial charge is 0.487 e. The van der Waals surface area contributed by atoms with E-state index in [2.05, 4.69) is 31.1 Å². The number of nitrogens with zero attached hydrogens (tertiary/aromatic N) is 1.